The minimum atomic E-state index is -0.537. The molecular weight excluding hydrogens is 485 g/mol. The van der Waals surface area contributed by atoms with E-state index < -0.39 is 5.82 Å². The Bertz CT molecular complexity index is 1390. The van der Waals surface area contributed by atoms with Crippen molar-refractivity contribution in [3.05, 3.63) is 63.9 Å². The maximum Gasteiger partial charge on any atom is 0.270 e. The first-order chi connectivity index (χ1) is 17.2. The van der Waals surface area contributed by atoms with Gasteiger partial charge in [0.2, 0.25) is 0 Å². The number of nitrogens with one attached hydrogen (secondary N) is 4. The number of carbonyl (C=O) groups is 2. The number of hydrogen-bond donors (Lipinski definition) is 4. The molecule has 36 heavy (non-hydrogen) atoms. The molecule has 0 saturated carbocycles. The summed E-state index contributed by atoms with van der Waals surface area (Å²) < 4.78 is 13.6. The van der Waals surface area contributed by atoms with Crippen molar-refractivity contribution in [2.75, 3.05) is 23.7 Å². The lowest BCUT2D eigenvalue weighted by Crippen LogP contribution is -2.55. The van der Waals surface area contributed by atoms with E-state index in [4.69, 9.17) is 11.6 Å². The van der Waals surface area contributed by atoms with Crippen LogP contribution in [0.1, 0.15) is 41.2 Å². The predicted octanol–water partition coefficient (Wildman–Crippen LogP) is 3.96. The van der Waals surface area contributed by atoms with Crippen molar-refractivity contribution in [2.24, 2.45) is 0 Å². The van der Waals surface area contributed by atoms with Crippen molar-refractivity contribution in [3.63, 3.8) is 0 Å². The van der Waals surface area contributed by atoms with Crippen LogP contribution in [0.4, 0.5) is 21.7 Å². The molecule has 2 aliphatic heterocycles. The second-order valence-electron chi connectivity index (χ2n) is 9.17. The van der Waals surface area contributed by atoms with Crippen molar-refractivity contribution < 1.29 is 14.0 Å². The third kappa shape index (κ3) is 4.57. The van der Waals surface area contributed by atoms with E-state index in [-0.39, 0.29) is 28.9 Å². The molecule has 5 rings (SSSR count). The number of amides is 2. The average molecular weight is 510 g/mol. The molecular formula is C25H25ClFN7O2. The molecule has 1 saturated heterocycles. The molecule has 0 spiro atoms. The maximum atomic E-state index is 13.6. The number of benzene rings is 1. The topological polar surface area (TPSA) is 115 Å². The number of aromatic nitrogens is 3. The normalized spacial score (nSPS) is 20.4. The van der Waals surface area contributed by atoms with E-state index in [1.54, 1.807) is 12.1 Å². The van der Waals surface area contributed by atoms with E-state index >= 15 is 0 Å². The van der Waals surface area contributed by atoms with E-state index in [1.165, 1.54) is 24.5 Å². The van der Waals surface area contributed by atoms with Crippen LogP contribution in [0.5, 0.6) is 0 Å². The second kappa shape index (κ2) is 9.36. The van der Waals surface area contributed by atoms with Gasteiger partial charge in [-0.25, -0.2) is 14.4 Å². The number of rotatable bonds is 4. The van der Waals surface area contributed by atoms with Crippen LogP contribution in [-0.2, 0) is 4.79 Å². The van der Waals surface area contributed by atoms with Crippen LogP contribution < -0.4 is 16.0 Å². The highest BCUT2D eigenvalue weighted by atomic mass is 35.5. The highest BCUT2D eigenvalue weighted by Crippen LogP contribution is 2.37. The molecule has 1 fully saturated rings. The fraction of sp³-hybridized carbons (Fsp3) is 0.280. The summed E-state index contributed by atoms with van der Waals surface area (Å²) in [7, 11) is 0. The first-order valence-electron chi connectivity index (χ1n) is 11.5. The van der Waals surface area contributed by atoms with E-state index in [1.807, 2.05) is 11.8 Å². The molecule has 3 aromatic rings. The molecule has 1 aromatic carbocycles. The number of piperazine rings is 1. The Kier molecular flexibility index (Phi) is 6.23. The number of aromatic amines is 1. The van der Waals surface area contributed by atoms with Gasteiger partial charge in [0.05, 0.1) is 16.2 Å². The zero-order valence-corrected chi connectivity index (χ0v) is 20.7. The monoisotopic (exact) mass is 509 g/mol. The lowest BCUT2D eigenvalue weighted by atomic mass is 10.1. The summed E-state index contributed by atoms with van der Waals surface area (Å²) in [5.41, 5.74) is 3.21. The van der Waals surface area contributed by atoms with Crippen LogP contribution in [0, 0.1) is 12.7 Å². The quantitative estimate of drug-likeness (QED) is 0.396. The highest BCUT2D eigenvalue weighted by Gasteiger charge is 2.31. The number of anilines is 3. The van der Waals surface area contributed by atoms with E-state index in [9.17, 15) is 14.0 Å². The van der Waals surface area contributed by atoms with Crippen molar-refractivity contribution in [2.45, 2.75) is 32.9 Å². The van der Waals surface area contributed by atoms with Crippen molar-refractivity contribution >= 4 is 52.4 Å². The predicted molar refractivity (Wildman–Crippen MR) is 137 cm³/mol. The van der Waals surface area contributed by atoms with E-state index in [0.29, 0.717) is 52.9 Å². The Balaban J connectivity index is 1.47. The zero-order valence-electron chi connectivity index (χ0n) is 19.9. The first-order valence-corrected chi connectivity index (χ1v) is 11.9. The fourth-order valence-electron chi connectivity index (χ4n) is 4.61. The van der Waals surface area contributed by atoms with Crippen LogP contribution in [0.25, 0.3) is 11.6 Å². The van der Waals surface area contributed by atoms with Crippen LogP contribution in [0.2, 0.25) is 5.02 Å². The van der Waals surface area contributed by atoms with Gasteiger partial charge in [-0.2, -0.15) is 0 Å². The number of fused-ring (bicyclic) bond motifs is 1. The zero-order chi connectivity index (χ0) is 25.6. The van der Waals surface area contributed by atoms with Crippen molar-refractivity contribution in [1.82, 2.24) is 25.2 Å². The van der Waals surface area contributed by atoms with Crippen LogP contribution in [0.15, 0.2) is 30.6 Å². The lowest BCUT2D eigenvalue weighted by Gasteiger charge is -2.35. The smallest absolute Gasteiger partial charge is 0.270 e. The fourth-order valence-corrected chi connectivity index (χ4v) is 4.79. The van der Waals surface area contributed by atoms with E-state index in [0.717, 1.165) is 5.56 Å². The van der Waals surface area contributed by atoms with Gasteiger partial charge in [0.15, 0.2) is 0 Å². The van der Waals surface area contributed by atoms with Crippen LogP contribution >= 0.6 is 11.6 Å². The van der Waals surface area contributed by atoms with Gasteiger partial charge < -0.3 is 25.8 Å². The van der Waals surface area contributed by atoms with Gasteiger partial charge in [-0.15, -0.1) is 0 Å². The summed E-state index contributed by atoms with van der Waals surface area (Å²) in [4.78, 5) is 39.5. The second-order valence-corrected chi connectivity index (χ2v) is 9.58. The third-order valence-corrected chi connectivity index (χ3v) is 6.48. The minimum absolute atomic E-state index is 0.0388. The summed E-state index contributed by atoms with van der Waals surface area (Å²) in [5, 5.41) is 9.21. The van der Waals surface area contributed by atoms with E-state index in [2.05, 4.69) is 44.7 Å². The summed E-state index contributed by atoms with van der Waals surface area (Å²) in [5.74, 6) is -0.266. The molecule has 186 valence electrons. The largest absolute Gasteiger partial charge is 0.351 e. The number of H-pyrrole nitrogens is 1. The lowest BCUT2D eigenvalue weighted by molar-refractivity contribution is -0.110. The molecule has 0 aliphatic carbocycles. The molecule has 0 bridgehead atoms. The summed E-state index contributed by atoms with van der Waals surface area (Å²) in [6.07, 6.45) is 3.00. The number of carbonyl (C=O) groups excluding carboxylic acids is 2. The molecule has 2 aromatic heterocycles. The molecule has 2 amide bonds. The van der Waals surface area contributed by atoms with Crippen LogP contribution in [0.3, 0.4) is 0 Å². The Morgan fingerprint density at radius 1 is 1.22 bits per heavy atom. The Morgan fingerprint density at radius 3 is 2.69 bits per heavy atom. The molecule has 2 atom stereocenters. The molecule has 4 heterocycles. The number of hydrogen-bond acceptors (Lipinski definition) is 6. The van der Waals surface area contributed by atoms with Gasteiger partial charge in [-0.1, -0.05) is 11.6 Å². The standard InChI is InChI=1S/C25H25ClFN7O2/c1-12-6-20(25(36)34-9-13(2)30-14(3)10-34)32-19(12)8-16-21-22(28-11-29-23(21)33-24(16)35)31-15-4-5-18(27)17(26)7-15/h4-8,11,13-14,30,32H,9-10H2,1-3H3,(H2,28,29,31,33,35)/t13-,14+. The maximum absolute atomic E-state index is 13.6. The summed E-state index contributed by atoms with van der Waals surface area (Å²) >= 11 is 5.91. The minimum Gasteiger partial charge on any atom is -0.351 e. The van der Waals surface area contributed by atoms with Gasteiger partial charge in [0.25, 0.3) is 11.8 Å². The summed E-state index contributed by atoms with van der Waals surface area (Å²) in [6, 6.07) is 6.40. The number of halogens is 2. The molecule has 9 nitrogen and oxygen atoms in total. The average Bonchev–Trinajstić information content (AvgIpc) is 3.35. The van der Waals surface area contributed by atoms with Gasteiger partial charge in [-0.05, 0) is 56.7 Å². The molecule has 11 heteroatoms. The third-order valence-electron chi connectivity index (χ3n) is 6.19. The van der Waals surface area contributed by atoms with Gasteiger partial charge >= 0.3 is 0 Å². The Morgan fingerprint density at radius 2 is 1.97 bits per heavy atom. The first kappa shape index (κ1) is 24.0. The summed E-state index contributed by atoms with van der Waals surface area (Å²) in [6.45, 7) is 7.21. The molecule has 2 aliphatic rings. The van der Waals surface area contributed by atoms with Crippen molar-refractivity contribution in [3.8, 4) is 0 Å². The number of aryl methyl sites for hydroxylation is 1. The number of nitrogens with zero attached hydrogens (tertiary/aromatic N) is 3. The van der Waals surface area contributed by atoms with Crippen molar-refractivity contribution in [1.29, 1.82) is 0 Å². The van der Waals surface area contributed by atoms with Crippen LogP contribution in [-0.4, -0.2) is 56.8 Å². The van der Waals surface area contributed by atoms with Gasteiger partial charge in [-0.3, -0.25) is 9.59 Å². The SMILES string of the molecule is Cc1cc(C(=O)N2C[C@@H](C)N[C@@H](C)C2)[nH]c1C=C1C(=O)Nc2ncnc(Nc3ccc(F)c(Cl)c3)c21. The van der Waals surface area contributed by atoms with Gasteiger partial charge in [0, 0.05) is 36.6 Å². The molecule has 4 N–H and O–H groups in total. The Labute approximate surface area is 212 Å². The van der Waals surface area contributed by atoms with Gasteiger partial charge in [0.1, 0.15) is 29.5 Å². The molecule has 0 unspecified atom stereocenters. The highest BCUT2D eigenvalue weighted by molar-refractivity contribution is 6.35. The molecule has 0 radical (unpaired) electrons. The Hall–Kier alpha value is -3.76.